The zero-order valence-corrected chi connectivity index (χ0v) is 17.4. The summed E-state index contributed by atoms with van der Waals surface area (Å²) in [5.41, 5.74) is 2.14. The maximum Gasteiger partial charge on any atom is 0.199 e. The van der Waals surface area contributed by atoms with Gasteiger partial charge in [0.15, 0.2) is 11.5 Å². The van der Waals surface area contributed by atoms with Crippen molar-refractivity contribution in [3.8, 4) is 0 Å². The van der Waals surface area contributed by atoms with E-state index in [1.807, 2.05) is 30.3 Å². The molecular formula is C22H26Cl2N2O2. The molecule has 0 radical (unpaired) electrons. The molecule has 1 aliphatic heterocycles. The lowest BCUT2D eigenvalue weighted by Crippen LogP contribution is -2.46. The lowest BCUT2D eigenvalue weighted by molar-refractivity contribution is 0.0900. The first-order chi connectivity index (χ1) is 12.8. The predicted molar refractivity (Wildman–Crippen MR) is 118 cm³/mol. The number of benzene rings is 2. The van der Waals surface area contributed by atoms with Gasteiger partial charge in [0.05, 0.1) is 0 Å². The minimum Gasteiger partial charge on any atom is -0.453 e. The molecule has 0 saturated carbocycles. The van der Waals surface area contributed by atoms with Gasteiger partial charge < -0.3 is 9.32 Å². The van der Waals surface area contributed by atoms with Gasteiger partial charge in [0.2, 0.25) is 0 Å². The van der Waals surface area contributed by atoms with Gasteiger partial charge in [-0.05, 0) is 17.7 Å². The molecule has 4 rings (SSSR count). The van der Waals surface area contributed by atoms with Crippen LogP contribution in [0.2, 0.25) is 0 Å². The van der Waals surface area contributed by atoms with Crippen molar-refractivity contribution < 1.29 is 9.21 Å². The molecule has 0 N–H and O–H groups in total. The average Bonchev–Trinajstić information content (AvgIpc) is 3.12. The summed E-state index contributed by atoms with van der Waals surface area (Å²) in [6, 6.07) is 20.2. The molecule has 3 aromatic rings. The number of fused-ring (bicyclic) bond motifs is 1. The van der Waals surface area contributed by atoms with Crippen LogP contribution in [0.5, 0.6) is 0 Å². The quantitative estimate of drug-likeness (QED) is 0.543. The number of rotatable bonds is 6. The molecule has 0 spiro atoms. The molecule has 150 valence electrons. The summed E-state index contributed by atoms with van der Waals surface area (Å²) in [5, 5.41) is 0.991. The fourth-order valence-electron chi connectivity index (χ4n) is 3.51. The fourth-order valence-corrected chi connectivity index (χ4v) is 3.51. The highest BCUT2D eigenvalue weighted by atomic mass is 35.5. The lowest BCUT2D eigenvalue weighted by atomic mass is 10.1. The van der Waals surface area contributed by atoms with Crippen molar-refractivity contribution in [3.05, 3.63) is 72.0 Å². The van der Waals surface area contributed by atoms with E-state index in [0.29, 0.717) is 12.2 Å². The highest BCUT2D eigenvalue weighted by molar-refractivity contribution is 5.97. The topological polar surface area (TPSA) is 36.7 Å². The summed E-state index contributed by atoms with van der Waals surface area (Å²) >= 11 is 0. The largest absolute Gasteiger partial charge is 0.453 e. The van der Waals surface area contributed by atoms with E-state index in [1.165, 1.54) is 5.56 Å². The summed E-state index contributed by atoms with van der Waals surface area (Å²) in [7, 11) is 0. The molecule has 28 heavy (non-hydrogen) atoms. The van der Waals surface area contributed by atoms with Crippen LogP contribution in [0, 0.1) is 0 Å². The van der Waals surface area contributed by atoms with E-state index in [1.54, 1.807) is 0 Å². The van der Waals surface area contributed by atoms with Crippen LogP contribution in [0.15, 0.2) is 65.1 Å². The number of para-hydroxylation sites is 1. The van der Waals surface area contributed by atoms with Crippen molar-refractivity contribution in [1.29, 1.82) is 0 Å². The molecule has 4 nitrogen and oxygen atoms in total. The van der Waals surface area contributed by atoms with E-state index in [4.69, 9.17) is 4.42 Å². The highest BCUT2D eigenvalue weighted by Gasteiger charge is 2.19. The molecule has 0 atom stereocenters. The number of piperazine rings is 1. The van der Waals surface area contributed by atoms with Crippen LogP contribution in [-0.2, 0) is 6.54 Å². The number of nitrogens with zero attached hydrogens (tertiary/aromatic N) is 2. The third-order valence-corrected chi connectivity index (χ3v) is 5.07. The summed E-state index contributed by atoms with van der Waals surface area (Å²) in [5.74, 6) is 0.571. The molecule has 0 amide bonds. The van der Waals surface area contributed by atoms with Gasteiger partial charge in [0.1, 0.15) is 5.58 Å². The number of furan rings is 1. The number of ketones is 1. The SMILES string of the molecule is Cl.Cl.O=C(CCN1CCN(Cc2ccccc2)CC1)c1cc2ccccc2o1. The van der Waals surface area contributed by atoms with E-state index in [0.717, 1.165) is 50.2 Å². The van der Waals surface area contributed by atoms with E-state index >= 15 is 0 Å². The third-order valence-electron chi connectivity index (χ3n) is 5.07. The molecule has 1 aromatic heterocycles. The molecular weight excluding hydrogens is 395 g/mol. The third kappa shape index (κ3) is 5.58. The Morgan fingerprint density at radius 1 is 0.857 bits per heavy atom. The summed E-state index contributed by atoms with van der Waals surface area (Å²) in [4.78, 5) is 17.3. The van der Waals surface area contributed by atoms with Crippen LogP contribution in [0.4, 0.5) is 0 Å². The molecule has 2 heterocycles. The minimum absolute atomic E-state index is 0. The van der Waals surface area contributed by atoms with E-state index < -0.39 is 0 Å². The summed E-state index contributed by atoms with van der Waals surface area (Å²) in [6.07, 6.45) is 0.512. The minimum atomic E-state index is 0. The first kappa shape index (κ1) is 22.4. The maximum absolute atomic E-state index is 12.4. The molecule has 0 aliphatic carbocycles. The van der Waals surface area contributed by atoms with Crippen molar-refractivity contribution in [2.45, 2.75) is 13.0 Å². The summed E-state index contributed by atoms with van der Waals surface area (Å²) < 4.78 is 5.68. The normalized spacial score (nSPS) is 15.0. The van der Waals surface area contributed by atoms with Crippen LogP contribution >= 0.6 is 24.8 Å². The molecule has 6 heteroatoms. The van der Waals surface area contributed by atoms with Crippen LogP contribution in [0.25, 0.3) is 11.0 Å². The number of carbonyl (C=O) groups excluding carboxylic acids is 1. The van der Waals surface area contributed by atoms with Gasteiger partial charge in [-0.3, -0.25) is 9.69 Å². The van der Waals surface area contributed by atoms with Crippen LogP contribution in [-0.4, -0.2) is 48.3 Å². The maximum atomic E-state index is 12.4. The molecule has 2 aromatic carbocycles. The van der Waals surface area contributed by atoms with Crippen molar-refractivity contribution in [3.63, 3.8) is 0 Å². The van der Waals surface area contributed by atoms with Crippen molar-refractivity contribution in [2.75, 3.05) is 32.7 Å². The second-order valence-corrected chi connectivity index (χ2v) is 6.93. The Hall–Kier alpha value is -1.85. The van der Waals surface area contributed by atoms with Gasteiger partial charge in [-0.15, -0.1) is 24.8 Å². The van der Waals surface area contributed by atoms with Crippen LogP contribution < -0.4 is 0 Å². The predicted octanol–water partition coefficient (Wildman–Crippen LogP) is 4.67. The van der Waals surface area contributed by atoms with Gasteiger partial charge in [0, 0.05) is 51.1 Å². The first-order valence-corrected chi connectivity index (χ1v) is 9.28. The zero-order chi connectivity index (χ0) is 17.8. The number of carbonyl (C=O) groups is 1. The van der Waals surface area contributed by atoms with Crippen molar-refractivity contribution >= 4 is 41.6 Å². The molecule has 1 aliphatic rings. The monoisotopic (exact) mass is 420 g/mol. The highest BCUT2D eigenvalue weighted by Crippen LogP contribution is 2.20. The second-order valence-electron chi connectivity index (χ2n) is 6.93. The van der Waals surface area contributed by atoms with E-state index in [9.17, 15) is 4.79 Å². The Bertz CT molecular complexity index is 841. The lowest BCUT2D eigenvalue weighted by Gasteiger charge is -2.34. The smallest absolute Gasteiger partial charge is 0.199 e. The van der Waals surface area contributed by atoms with Gasteiger partial charge >= 0.3 is 0 Å². The first-order valence-electron chi connectivity index (χ1n) is 9.28. The van der Waals surface area contributed by atoms with Gasteiger partial charge in [-0.25, -0.2) is 0 Å². The molecule has 1 saturated heterocycles. The average molecular weight is 421 g/mol. The summed E-state index contributed by atoms with van der Waals surface area (Å²) in [6.45, 7) is 5.93. The van der Waals surface area contributed by atoms with Crippen LogP contribution in [0.3, 0.4) is 0 Å². The van der Waals surface area contributed by atoms with Crippen LogP contribution in [0.1, 0.15) is 22.5 Å². The van der Waals surface area contributed by atoms with E-state index in [-0.39, 0.29) is 30.6 Å². The molecule has 0 bridgehead atoms. The number of hydrogen-bond donors (Lipinski definition) is 0. The van der Waals surface area contributed by atoms with Gasteiger partial charge in [0.25, 0.3) is 0 Å². The van der Waals surface area contributed by atoms with Crippen molar-refractivity contribution in [2.24, 2.45) is 0 Å². The standard InChI is InChI=1S/C22H24N2O2.2ClH/c25-20(22-16-19-8-4-5-9-21(19)26-22)10-11-23-12-14-24(15-13-23)17-18-6-2-1-3-7-18;;/h1-9,16H,10-15,17H2;2*1H. The Morgan fingerprint density at radius 3 is 2.21 bits per heavy atom. The molecule has 1 fully saturated rings. The Labute approximate surface area is 178 Å². The number of hydrogen-bond acceptors (Lipinski definition) is 4. The van der Waals surface area contributed by atoms with Gasteiger partial charge in [-0.1, -0.05) is 48.5 Å². The van der Waals surface area contributed by atoms with Crippen molar-refractivity contribution in [1.82, 2.24) is 9.80 Å². The fraction of sp³-hybridized carbons (Fsp3) is 0.318. The Morgan fingerprint density at radius 2 is 1.50 bits per heavy atom. The number of halogens is 2. The Balaban J connectivity index is 0.00000140. The zero-order valence-electron chi connectivity index (χ0n) is 15.8. The molecule has 0 unspecified atom stereocenters. The Kier molecular flexibility index (Phi) is 8.52. The van der Waals surface area contributed by atoms with Gasteiger partial charge in [-0.2, -0.15) is 0 Å². The second kappa shape index (κ2) is 10.6. The van der Waals surface area contributed by atoms with E-state index in [2.05, 4.69) is 40.1 Å². The number of Topliss-reactive ketones (excluding diaryl/α,β-unsaturated/α-hetero) is 1.